The molecular formula is C17H21Cl2N3O3. The van der Waals surface area contributed by atoms with Crippen LogP contribution in [0.4, 0.5) is 5.69 Å². The average Bonchev–Trinajstić information content (AvgIpc) is 2.57. The molecule has 1 rings (SSSR count). The van der Waals surface area contributed by atoms with E-state index in [4.69, 9.17) is 32.7 Å². The molecule has 0 saturated heterocycles. The van der Waals surface area contributed by atoms with Crippen molar-refractivity contribution in [3.8, 4) is 6.07 Å². The fourth-order valence-electron chi connectivity index (χ4n) is 1.87. The first-order valence-corrected chi connectivity index (χ1v) is 8.53. The Hall–Kier alpha value is -1.94. The van der Waals surface area contributed by atoms with Gasteiger partial charge in [0, 0.05) is 6.61 Å². The fraction of sp³-hybridized carbons (Fsp3) is 0.412. The number of ether oxygens (including phenoxy) is 2. The summed E-state index contributed by atoms with van der Waals surface area (Å²) in [6, 6.07) is 6.94. The number of hydrogen-bond acceptors (Lipinski definition) is 6. The third-order valence-corrected chi connectivity index (χ3v) is 3.74. The molecule has 0 fully saturated rings. The molecule has 0 heterocycles. The number of benzene rings is 1. The summed E-state index contributed by atoms with van der Waals surface area (Å²) in [5.74, 6) is -0.867. The molecule has 0 atom stereocenters. The Bertz CT molecular complexity index is 649. The minimum atomic E-state index is -0.717. The average molecular weight is 386 g/mol. The van der Waals surface area contributed by atoms with Gasteiger partial charge in [0.15, 0.2) is 5.57 Å². The lowest BCUT2D eigenvalue weighted by Crippen LogP contribution is -2.28. The number of rotatable bonds is 9. The normalized spacial score (nSPS) is 11.6. The van der Waals surface area contributed by atoms with E-state index >= 15 is 0 Å². The molecule has 1 aromatic rings. The number of hydrogen-bond donors (Lipinski definition) is 2. The van der Waals surface area contributed by atoms with Crippen LogP contribution in [0.5, 0.6) is 0 Å². The van der Waals surface area contributed by atoms with Gasteiger partial charge in [0.25, 0.3) is 0 Å². The number of hydrazine groups is 1. The summed E-state index contributed by atoms with van der Waals surface area (Å²) in [6.07, 6.45) is 0. The third-order valence-electron chi connectivity index (χ3n) is 3.11. The maximum Gasteiger partial charge on any atom is 0.350 e. The lowest BCUT2D eigenvalue weighted by molar-refractivity contribution is -0.140. The van der Waals surface area contributed by atoms with Crippen LogP contribution in [0.25, 0.3) is 0 Å². The van der Waals surface area contributed by atoms with E-state index in [1.54, 1.807) is 18.2 Å². The molecule has 2 N–H and O–H groups in total. The second-order valence-corrected chi connectivity index (χ2v) is 6.05. The highest BCUT2D eigenvalue weighted by atomic mass is 35.5. The largest absolute Gasteiger partial charge is 0.459 e. The van der Waals surface area contributed by atoms with Crippen molar-refractivity contribution in [1.29, 1.82) is 5.26 Å². The summed E-state index contributed by atoms with van der Waals surface area (Å²) < 4.78 is 10.2. The molecule has 0 aromatic heterocycles. The van der Waals surface area contributed by atoms with Gasteiger partial charge in [-0.2, -0.15) is 5.26 Å². The van der Waals surface area contributed by atoms with Gasteiger partial charge in [-0.15, -0.1) is 0 Å². The van der Waals surface area contributed by atoms with E-state index in [0.29, 0.717) is 28.0 Å². The molecule has 8 heteroatoms. The zero-order valence-electron chi connectivity index (χ0n) is 14.4. The topological polar surface area (TPSA) is 83.4 Å². The number of nitrogens with zero attached hydrogens (tertiary/aromatic N) is 1. The highest BCUT2D eigenvalue weighted by molar-refractivity contribution is 6.39. The van der Waals surface area contributed by atoms with Crippen LogP contribution in [0.15, 0.2) is 29.5 Å². The molecular weight excluding hydrogens is 365 g/mol. The van der Waals surface area contributed by atoms with Gasteiger partial charge in [-0.1, -0.05) is 43.1 Å². The van der Waals surface area contributed by atoms with Crippen LogP contribution < -0.4 is 10.9 Å². The minimum Gasteiger partial charge on any atom is -0.459 e. The smallest absolute Gasteiger partial charge is 0.350 e. The van der Waals surface area contributed by atoms with Crippen molar-refractivity contribution in [2.45, 2.75) is 20.8 Å². The van der Waals surface area contributed by atoms with E-state index < -0.39 is 5.97 Å². The number of allylic oxidation sites excluding steroid dienone is 1. The first kappa shape index (κ1) is 21.1. The Kier molecular flexibility index (Phi) is 9.14. The standard InChI is InChI=1S/C17H21Cl2N3O3/c1-4-24-8-9-25-17(23)12(10-20)15(11(2)3)21-22-16-13(18)6-5-7-14(16)19/h5-7,11,21-22H,4,8-9H2,1-3H3/b15-12-. The van der Waals surface area contributed by atoms with Crippen molar-refractivity contribution in [2.24, 2.45) is 5.92 Å². The van der Waals surface area contributed by atoms with Gasteiger partial charge in [0.2, 0.25) is 0 Å². The van der Waals surface area contributed by atoms with Gasteiger partial charge in [-0.25, -0.2) is 4.79 Å². The van der Waals surface area contributed by atoms with Gasteiger partial charge >= 0.3 is 5.97 Å². The maximum atomic E-state index is 12.2. The van der Waals surface area contributed by atoms with Crippen LogP contribution in [-0.2, 0) is 14.3 Å². The Morgan fingerprint density at radius 3 is 2.44 bits per heavy atom. The molecule has 0 radical (unpaired) electrons. The molecule has 0 aliphatic heterocycles. The van der Waals surface area contributed by atoms with E-state index in [1.807, 2.05) is 26.8 Å². The molecule has 0 spiro atoms. The van der Waals surface area contributed by atoms with Gasteiger partial charge in [-0.05, 0) is 25.0 Å². The number of anilines is 1. The molecule has 136 valence electrons. The summed E-state index contributed by atoms with van der Waals surface area (Å²) in [6.45, 7) is 6.40. The Labute approximate surface area is 157 Å². The molecule has 1 aromatic carbocycles. The SMILES string of the molecule is CCOCCOC(=O)/C(C#N)=C(\NNc1c(Cl)cccc1Cl)C(C)C. The molecule has 25 heavy (non-hydrogen) atoms. The lowest BCUT2D eigenvalue weighted by atomic mass is 10.1. The molecule has 0 aliphatic rings. The van der Waals surface area contributed by atoms with Crippen LogP contribution in [0.2, 0.25) is 10.0 Å². The molecule has 0 bridgehead atoms. The van der Waals surface area contributed by atoms with E-state index in [1.165, 1.54) is 0 Å². The van der Waals surface area contributed by atoms with Crippen LogP contribution in [0.1, 0.15) is 20.8 Å². The maximum absolute atomic E-state index is 12.2. The number of esters is 1. The molecule has 0 saturated carbocycles. The number of para-hydroxylation sites is 1. The second kappa shape index (κ2) is 10.8. The summed E-state index contributed by atoms with van der Waals surface area (Å²) in [5, 5.41) is 10.2. The van der Waals surface area contributed by atoms with Gasteiger partial charge in [0.05, 0.1) is 28.0 Å². The van der Waals surface area contributed by atoms with E-state index in [-0.39, 0.29) is 24.7 Å². The van der Waals surface area contributed by atoms with Gasteiger partial charge in [0.1, 0.15) is 12.7 Å². The predicted octanol–water partition coefficient (Wildman–Crippen LogP) is 3.92. The first-order chi connectivity index (χ1) is 11.9. The Morgan fingerprint density at radius 1 is 1.28 bits per heavy atom. The summed E-state index contributed by atoms with van der Waals surface area (Å²) in [7, 11) is 0. The number of carbonyl (C=O) groups excluding carboxylic acids is 1. The Morgan fingerprint density at radius 2 is 1.92 bits per heavy atom. The summed E-state index contributed by atoms with van der Waals surface area (Å²) >= 11 is 12.2. The van der Waals surface area contributed by atoms with Crippen LogP contribution in [0.3, 0.4) is 0 Å². The van der Waals surface area contributed by atoms with E-state index in [2.05, 4.69) is 10.9 Å². The van der Waals surface area contributed by atoms with E-state index in [9.17, 15) is 10.1 Å². The van der Waals surface area contributed by atoms with Crippen molar-refractivity contribution in [3.05, 3.63) is 39.5 Å². The molecule has 0 unspecified atom stereocenters. The predicted molar refractivity (Wildman–Crippen MR) is 98.1 cm³/mol. The number of nitrogens with one attached hydrogen (secondary N) is 2. The quantitative estimate of drug-likeness (QED) is 0.220. The molecule has 0 aliphatic carbocycles. The lowest BCUT2D eigenvalue weighted by Gasteiger charge is -2.19. The van der Waals surface area contributed by atoms with Gasteiger partial charge < -0.3 is 14.9 Å². The molecule has 6 nitrogen and oxygen atoms in total. The van der Waals surface area contributed by atoms with E-state index in [0.717, 1.165) is 0 Å². The van der Waals surface area contributed by atoms with Crippen molar-refractivity contribution < 1.29 is 14.3 Å². The van der Waals surface area contributed by atoms with Crippen molar-refractivity contribution >= 4 is 34.9 Å². The third kappa shape index (κ3) is 6.46. The summed E-state index contributed by atoms with van der Waals surface area (Å²) in [5.41, 5.74) is 6.41. The van der Waals surface area contributed by atoms with Gasteiger partial charge in [-0.3, -0.25) is 5.43 Å². The monoisotopic (exact) mass is 385 g/mol. The Balaban J connectivity index is 2.92. The fourth-order valence-corrected chi connectivity index (χ4v) is 2.36. The second-order valence-electron chi connectivity index (χ2n) is 5.23. The number of halogens is 2. The number of nitriles is 1. The summed E-state index contributed by atoms with van der Waals surface area (Å²) in [4.78, 5) is 12.2. The first-order valence-electron chi connectivity index (χ1n) is 7.77. The highest BCUT2D eigenvalue weighted by Crippen LogP contribution is 2.29. The van der Waals surface area contributed by atoms with Crippen LogP contribution in [-0.4, -0.2) is 25.8 Å². The zero-order valence-corrected chi connectivity index (χ0v) is 15.9. The van der Waals surface area contributed by atoms with Crippen molar-refractivity contribution in [2.75, 3.05) is 25.2 Å². The zero-order chi connectivity index (χ0) is 18.8. The van der Waals surface area contributed by atoms with Crippen LogP contribution in [0, 0.1) is 17.2 Å². The highest BCUT2D eigenvalue weighted by Gasteiger charge is 2.20. The van der Waals surface area contributed by atoms with Crippen molar-refractivity contribution in [3.63, 3.8) is 0 Å². The molecule has 0 amide bonds. The van der Waals surface area contributed by atoms with Crippen LogP contribution >= 0.6 is 23.2 Å². The minimum absolute atomic E-state index is 0.0764. The number of carbonyl (C=O) groups is 1. The van der Waals surface area contributed by atoms with Crippen molar-refractivity contribution in [1.82, 2.24) is 5.43 Å².